The molecule has 3 aromatic rings. The minimum absolute atomic E-state index is 0.0792. The van der Waals surface area contributed by atoms with Crippen LogP contribution in [0.25, 0.3) is 15.3 Å². The van der Waals surface area contributed by atoms with Crippen molar-refractivity contribution in [2.75, 3.05) is 6.61 Å². The third-order valence-corrected chi connectivity index (χ3v) is 5.00. The van der Waals surface area contributed by atoms with E-state index < -0.39 is 0 Å². The Hall–Kier alpha value is -1.98. The number of esters is 1. The molecule has 0 aliphatic carbocycles. The summed E-state index contributed by atoms with van der Waals surface area (Å²) in [5, 5.41) is 12.2. The van der Waals surface area contributed by atoms with Gasteiger partial charge >= 0.3 is 114 Å². The van der Waals surface area contributed by atoms with Crippen molar-refractivity contribution in [3.8, 4) is 5.69 Å². The number of benzene rings is 1. The van der Waals surface area contributed by atoms with Gasteiger partial charge in [0, 0.05) is 0 Å². The van der Waals surface area contributed by atoms with E-state index in [2.05, 4.69) is 15.5 Å². The maximum absolute atomic E-state index is 12.1. The normalized spacial score (nSPS) is 10.8. The number of aromatic nitrogens is 4. The number of carbonyl (C=O) groups is 1. The van der Waals surface area contributed by atoms with Crippen molar-refractivity contribution >= 4 is 30.1 Å². The quantitative estimate of drug-likeness (QED) is 0.533. The first-order valence-electron chi connectivity index (χ1n) is 5.73. The average molecular weight is 321 g/mol. The first kappa shape index (κ1) is 12.1. The van der Waals surface area contributed by atoms with Crippen LogP contribution < -0.4 is 0 Å². The molecule has 0 N–H and O–H groups in total. The Morgan fingerprint density at radius 2 is 2.26 bits per heavy atom. The zero-order valence-electron chi connectivity index (χ0n) is 10.1. The molecule has 96 valence electrons. The van der Waals surface area contributed by atoms with E-state index in [1.165, 1.54) is 11.0 Å². The fourth-order valence-corrected chi connectivity index (χ4v) is 4.13. The molecule has 0 atom stereocenters. The summed E-state index contributed by atoms with van der Waals surface area (Å²) in [6.45, 7) is 2.15. The molecule has 6 nitrogen and oxygen atoms in total. The van der Waals surface area contributed by atoms with Crippen LogP contribution in [-0.2, 0) is 4.74 Å². The number of tetrazole rings is 1. The molecule has 0 unspecified atom stereocenters. The Labute approximate surface area is 114 Å². The molecular weight excluding hydrogens is 311 g/mol. The fourth-order valence-electron chi connectivity index (χ4n) is 1.86. The monoisotopic (exact) mass is 322 g/mol. The zero-order chi connectivity index (χ0) is 13.2. The van der Waals surface area contributed by atoms with E-state index in [0.717, 1.165) is 15.3 Å². The van der Waals surface area contributed by atoms with Crippen molar-refractivity contribution in [3.63, 3.8) is 0 Å². The molecule has 0 fully saturated rings. The molecule has 0 radical (unpaired) electrons. The number of carbonyl (C=O) groups excluding carboxylic acids is 1. The van der Waals surface area contributed by atoms with Crippen LogP contribution in [0.15, 0.2) is 30.6 Å². The Balaban J connectivity index is 2.26. The van der Waals surface area contributed by atoms with Gasteiger partial charge in [-0.05, 0) is 0 Å². The van der Waals surface area contributed by atoms with Gasteiger partial charge in [-0.2, -0.15) is 0 Å². The second-order valence-electron chi connectivity index (χ2n) is 3.75. The van der Waals surface area contributed by atoms with E-state index in [4.69, 9.17) is 4.74 Å². The van der Waals surface area contributed by atoms with Gasteiger partial charge < -0.3 is 0 Å². The van der Waals surface area contributed by atoms with Crippen LogP contribution in [0.3, 0.4) is 0 Å². The van der Waals surface area contributed by atoms with Crippen molar-refractivity contribution in [3.05, 3.63) is 35.0 Å². The first-order valence-corrected chi connectivity index (χ1v) is 7.44. The van der Waals surface area contributed by atoms with Crippen molar-refractivity contribution in [2.45, 2.75) is 6.92 Å². The predicted molar refractivity (Wildman–Crippen MR) is 69.6 cm³/mol. The van der Waals surface area contributed by atoms with Crippen LogP contribution in [0.1, 0.15) is 16.2 Å². The molecule has 7 heteroatoms. The molecule has 0 saturated carbocycles. The second-order valence-corrected chi connectivity index (χ2v) is 5.96. The van der Waals surface area contributed by atoms with E-state index in [1.807, 2.05) is 24.3 Å². The first-order chi connectivity index (χ1) is 9.31. The second kappa shape index (κ2) is 4.95. The topological polar surface area (TPSA) is 69.9 Å². The Morgan fingerprint density at radius 3 is 3.00 bits per heavy atom. The number of rotatable bonds is 3. The summed E-state index contributed by atoms with van der Waals surface area (Å²) in [4.78, 5) is 12.1. The van der Waals surface area contributed by atoms with Gasteiger partial charge in [0.1, 0.15) is 0 Å². The van der Waals surface area contributed by atoms with Crippen LogP contribution in [0.5, 0.6) is 0 Å². The average Bonchev–Trinajstić information content (AvgIpc) is 3.05. The number of fused-ring (bicyclic) bond motifs is 1. The van der Waals surface area contributed by atoms with Gasteiger partial charge in [0.25, 0.3) is 0 Å². The molecule has 19 heavy (non-hydrogen) atoms. The van der Waals surface area contributed by atoms with Crippen molar-refractivity contribution in [1.29, 1.82) is 0 Å². The Morgan fingerprint density at radius 1 is 1.42 bits per heavy atom. The SMILES string of the molecule is CCOC(=O)c1[se]c2ccccc2c1-n1cnnn1. The van der Waals surface area contributed by atoms with Gasteiger partial charge in [-0.3, -0.25) is 0 Å². The molecule has 0 aliphatic rings. The third-order valence-electron chi connectivity index (χ3n) is 2.61. The van der Waals surface area contributed by atoms with E-state index in [1.54, 1.807) is 6.92 Å². The van der Waals surface area contributed by atoms with Gasteiger partial charge in [-0.25, -0.2) is 0 Å². The minimum atomic E-state index is -0.288. The number of hydrogen-bond donors (Lipinski definition) is 0. The van der Waals surface area contributed by atoms with Gasteiger partial charge in [0.15, 0.2) is 0 Å². The summed E-state index contributed by atoms with van der Waals surface area (Å²) in [7, 11) is 0. The maximum atomic E-state index is 12.1. The summed E-state index contributed by atoms with van der Waals surface area (Å²) in [5.41, 5.74) is 0.735. The predicted octanol–water partition coefficient (Wildman–Crippen LogP) is 1.05. The number of ether oxygens (including phenoxy) is 1. The standard InChI is InChI=1S/C12H10N4O2Se/c1-2-18-12(17)11-10(16-7-13-14-15-16)8-5-3-4-6-9(8)19-11/h3-7H,2H2,1H3. The van der Waals surface area contributed by atoms with Crippen LogP contribution in [-0.4, -0.2) is 47.3 Å². The zero-order valence-corrected chi connectivity index (χ0v) is 11.8. The van der Waals surface area contributed by atoms with Crippen molar-refractivity contribution in [2.24, 2.45) is 0 Å². The molecule has 0 bridgehead atoms. The number of nitrogens with zero attached hydrogens (tertiary/aromatic N) is 4. The van der Waals surface area contributed by atoms with Crippen LogP contribution >= 0.6 is 0 Å². The van der Waals surface area contributed by atoms with E-state index >= 15 is 0 Å². The van der Waals surface area contributed by atoms with E-state index in [-0.39, 0.29) is 20.5 Å². The summed E-state index contributed by atoms with van der Waals surface area (Å²) >= 11 is -0.0792. The Kier molecular flexibility index (Phi) is 3.15. The third kappa shape index (κ3) is 2.07. The summed E-state index contributed by atoms with van der Waals surface area (Å²) in [5.74, 6) is -0.288. The van der Waals surface area contributed by atoms with Crippen molar-refractivity contribution < 1.29 is 9.53 Å². The molecule has 0 amide bonds. The van der Waals surface area contributed by atoms with Gasteiger partial charge in [0.05, 0.1) is 0 Å². The Bertz CT molecular complexity index is 720. The van der Waals surface area contributed by atoms with Gasteiger partial charge in [-0.1, -0.05) is 0 Å². The van der Waals surface area contributed by atoms with Gasteiger partial charge in [-0.15, -0.1) is 0 Å². The van der Waals surface area contributed by atoms with Crippen LogP contribution in [0.2, 0.25) is 0 Å². The van der Waals surface area contributed by atoms with Gasteiger partial charge in [0.2, 0.25) is 0 Å². The molecule has 2 aromatic heterocycles. The molecule has 1 aromatic carbocycles. The molecule has 0 aliphatic heterocycles. The number of hydrogen-bond acceptors (Lipinski definition) is 5. The van der Waals surface area contributed by atoms with Crippen LogP contribution in [0.4, 0.5) is 0 Å². The summed E-state index contributed by atoms with van der Waals surface area (Å²) in [6.07, 6.45) is 1.49. The summed E-state index contributed by atoms with van der Waals surface area (Å²) in [6, 6.07) is 7.89. The molecule has 0 saturated heterocycles. The molecule has 3 rings (SSSR count). The summed E-state index contributed by atoms with van der Waals surface area (Å²) < 4.78 is 8.45. The molecule has 0 spiro atoms. The molecule has 2 heterocycles. The van der Waals surface area contributed by atoms with E-state index in [9.17, 15) is 4.79 Å². The fraction of sp³-hybridized carbons (Fsp3) is 0.167. The molecular formula is C12H10N4O2Se. The van der Waals surface area contributed by atoms with Crippen molar-refractivity contribution in [1.82, 2.24) is 20.2 Å². The van der Waals surface area contributed by atoms with E-state index in [0.29, 0.717) is 11.0 Å². The van der Waals surface area contributed by atoms with Crippen LogP contribution in [0, 0.1) is 0 Å².